The van der Waals surface area contributed by atoms with Crippen molar-refractivity contribution in [1.82, 2.24) is 14.8 Å². The number of rotatable bonds is 5. The SMILES string of the molecule is Cc1cnc(Cn2nc(-c3ccc(OC(F)F)cc3)ccc2=O)o1. The van der Waals surface area contributed by atoms with Crippen molar-refractivity contribution in [3.63, 3.8) is 0 Å². The third kappa shape index (κ3) is 3.65. The van der Waals surface area contributed by atoms with E-state index in [1.54, 1.807) is 31.3 Å². The average Bonchev–Trinajstić information content (AvgIpc) is 2.95. The van der Waals surface area contributed by atoms with Gasteiger partial charge < -0.3 is 9.15 Å². The van der Waals surface area contributed by atoms with Crippen molar-refractivity contribution < 1.29 is 17.9 Å². The van der Waals surface area contributed by atoms with Crippen molar-refractivity contribution >= 4 is 0 Å². The van der Waals surface area contributed by atoms with Gasteiger partial charge in [0.15, 0.2) is 0 Å². The number of alkyl halides is 2. The van der Waals surface area contributed by atoms with E-state index in [-0.39, 0.29) is 17.9 Å². The molecule has 1 aromatic carbocycles. The molecule has 2 aromatic heterocycles. The van der Waals surface area contributed by atoms with Gasteiger partial charge in [0.05, 0.1) is 11.9 Å². The van der Waals surface area contributed by atoms with E-state index in [1.165, 1.54) is 22.9 Å². The first kappa shape index (κ1) is 15.9. The molecular weight excluding hydrogens is 320 g/mol. The molecule has 0 amide bonds. The molecule has 3 rings (SSSR count). The number of oxazole rings is 1. The summed E-state index contributed by atoms with van der Waals surface area (Å²) < 4.78 is 35.2. The molecule has 0 radical (unpaired) electrons. The van der Waals surface area contributed by atoms with Crippen molar-refractivity contribution in [1.29, 1.82) is 0 Å². The highest BCUT2D eigenvalue weighted by molar-refractivity contribution is 5.59. The monoisotopic (exact) mass is 333 g/mol. The molecule has 6 nitrogen and oxygen atoms in total. The van der Waals surface area contributed by atoms with Crippen LogP contribution in [0.25, 0.3) is 11.3 Å². The van der Waals surface area contributed by atoms with Crippen LogP contribution in [0.15, 0.2) is 51.8 Å². The molecule has 0 unspecified atom stereocenters. The highest BCUT2D eigenvalue weighted by Gasteiger charge is 2.09. The molecule has 0 aliphatic heterocycles. The van der Waals surface area contributed by atoms with Crippen LogP contribution < -0.4 is 10.3 Å². The van der Waals surface area contributed by atoms with Crippen LogP contribution in [-0.4, -0.2) is 21.4 Å². The van der Waals surface area contributed by atoms with Crippen molar-refractivity contribution in [3.05, 3.63) is 64.6 Å². The Labute approximate surface area is 135 Å². The first-order valence-electron chi connectivity index (χ1n) is 7.06. The maximum absolute atomic E-state index is 12.2. The van der Waals surface area contributed by atoms with Crippen LogP contribution in [0.3, 0.4) is 0 Å². The second-order valence-electron chi connectivity index (χ2n) is 4.98. The highest BCUT2D eigenvalue weighted by atomic mass is 19.3. The highest BCUT2D eigenvalue weighted by Crippen LogP contribution is 2.21. The molecule has 0 saturated heterocycles. The summed E-state index contributed by atoms with van der Waals surface area (Å²) in [5, 5.41) is 4.25. The van der Waals surface area contributed by atoms with Crippen molar-refractivity contribution in [2.75, 3.05) is 0 Å². The zero-order valence-electron chi connectivity index (χ0n) is 12.6. The lowest BCUT2D eigenvalue weighted by Crippen LogP contribution is -2.22. The summed E-state index contributed by atoms with van der Waals surface area (Å²) in [6.45, 7) is -1.01. The van der Waals surface area contributed by atoms with Crippen LogP contribution in [0.2, 0.25) is 0 Å². The van der Waals surface area contributed by atoms with E-state index in [2.05, 4.69) is 14.8 Å². The zero-order valence-corrected chi connectivity index (χ0v) is 12.6. The molecule has 0 spiro atoms. The zero-order chi connectivity index (χ0) is 17.1. The summed E-state index contributed by atoms with van der Waals surface area (Å²) in [5.41, 5.74) is 0.877. The third-order valence-corrected chi connectivity index (χ3v) is 3.20. The molecule has 0 atom stereocenters. The Bertz CT molecular complexity index is 888. The fraction of sp³-hybridized carbons (Fsp3) is 0.188. The lowest BCUT2D eigenvalue weighted by molar-refractivity contribution is -0.0498. The molecule has 24 heavy (non-hydrogen) atoms. The number of hydrogen-bond acceptors (Lipinski definition) is 5. The smallest absolute Gasteiger partial charge is 0.387 e. The molecule has 3 aromatic rings. The van der Waals surface area contributed by atoms with E-state index in [9.17, 15) is 13.6 Å². The Balaban J connectivity index is 1.86. The normalized spacial score (nSPS) is 11.0. The number of aromatic nitrogens is 3. The van der Waals surface area contributed by atoms with Gasteiger partial charge in [0.25, 0.3) is 5.56 Å². The fourth-order valence-electron chi connectivity index (χ4n) is 2.13. The Morgan fingerprint density at radius 2 is 1.96 bits per heavy atom. The molecular formula is C16H13F2N3O3. The van der Waals surface area contributed by atoms with Crippen molar-refractivity contribution in [2.24, 2.45) is 0 Å². The summed E-state index contributed by atoms with van der Waals surface area (Å²) >= 11 is 0. The van der Waals surface area contributed by atoms with Gasteiger partial charge in [-0.15, -0.1) is 0 Å². The van der Waals surface area contributed by atoms with Crippen LogP contribution in [0.4, 0.5) is 8.78 Å². The minimum atomic E-state index is -2.87. The Kier molecular flexibility index (Phi) is 4.37. The number of nitrogens with zero attached hydrogens (tertiary/aromatic N) is 3. The second kappa shape index (κ2) is 6.61. The second-order valence-corrected chi connectivity index (χ2v) is 4.98. The molecule has 0 aliphatic carbocycles. The van der Waals surface area contributed by atoms with E-state index in [4.69, 9.17) is 4.42 Å². The van der Waals surface area contributed by atoms with Gasteiger partial charge in [-0.1, -0.05) is 0 Å². The van der Waals surface area contributed by atoms with Gasteiger partial charge in [0, 0.05) is 11.6 Å². The van der Waals surface area contributed by atoms with Crippen molar-refractivity contribution in [3.8, 4) is 17.0 Å². The topological polar surface area (TPSA) is 70.2 Å². The summed E-state index contributed by atoms with van der Waals surface area (Å²) in [5.74, 6) is 1.07. The predicted octanol–water partition coefficient (Wildman–Crippen LogP) is 2.86. The lowest BCUT2D eigenvalue weighted by Gasteiger charge is -2.07. The summed E-state index contributed by atoms with van der Waals surface area (Å²) in [6, 6.07) is 8.94. The van der Waals surface area contributed by atoms with E-state index in [0.717, 1.165) is 0 Å². The average molecular weight is 333 g/mol. The molecule has 0 aliphatic rings. The van der Waals surface area contributed by atoms with Gasteiger partial charge in [0.2, 0.25) is 5.89 Å². The predicted molar refractivity (Wildman–Crippen MR) is 80.9 cm³/mol. The molecule has 0 fully saturated rings. The molecule has 0 N–H and O–H groups in total. The van der Waals surface area contributed by atoms with Crippen LogP contribution in [0.5, 0.6) is 5.75 Å². The van der Waals surface area contributed by atoms with Crippen molar-refractivity contribution in [2.45, 2.75) is 20.1 Å². The number of halogens is 2. The maximum atomic E-state index is 12.2. The van der Waals surface area contributed by atoms with E-state index < -0.39 is 6.61 Å². The van der Waals surface area contributed by atoms with Crippen LogP contribution in [0, 0.1) is 6.92 Å². The van der Waals surface area contributed by atoms with Crippen LogP contribution >= 0.6 is 0 Å². The Morgan fingerprint density at radius 3 is 2.58 bits per heavy atom. The van der Waals surface area contributed by atoms with Crippen LogP contribution in [-0.2, 0) is 6.54 Å². The van der Waals surface area contributed by atoms with Gasteiger partial charge >= 0.3 is 6.61 Å². The van der Waals surface area contributed by atoms with Crippen LogP contribution in [0.1, 0.15) is 11.7 Å². The summed E-state index contributed by atoms with van der Waals surface area (Å²) in [7, 11) is 0. The Morgan fingerprint density at radius 1 is 1.21 bits per heavy atom. The molecule has 8 heteroatoms. The molecule has 0 bridgehead atoms. The number of aryl methyl sites for hydroxylation is 1. The molecule has 2 heterocycles. The number of benzene rings is 1. The first-order chi connectivity index (χ1) is 11.5. The minimum absolute atomic E-state index is 0.0531. The standard InChI is InChI=1S/C16H13F2N3O3/c1-10-8-19-14(23-10)9-21-15(22)7-6-13(20-21)11-2-4-12(5-3-11)24-16(17)18/h2-8,16H,9H2,1H3. The molecule has 124 valence electrons. The van der Waals surface area contributed by atoms with Gasteiger partial charge in [-0.25, -0.2) is 9.67 Å². The fourth-order valence-corrected chi connectivity index (χ4v) is 2.13. The molecule has 0 saturated carbocycles. The third-order valence-electron chi connectivity index (χ3n) is 3.20. The largest absolute Gasteiger partial charge is 0.444 e. The van der Waals surface area contributed by atoms with E-state index in [1.807, 2.05) is 0 Å². The lowest BCUT2D eigenvalue weighted by atomic mass is 10.1. The minimum Gasteiger partial charge on any atom is -0.444 e. The summed E-state index contributed by atoms with van der Waals surface area (Å²) in [4.78, 5) is 16.0. The maximum Gasteiger partial charge on any atom is 0.387 e. The quantitative estimate of drug-likeness (QED) is 0.718. The van der Waals surface area contributed by atoms with Gasteiger partial charge in [0.1, 0.15) is 18.1 Å². The van der Waals surface area contributed by atoms with Gasteiger partial charge in [-0.2, -0.15) is 13.9 Å². The van der Waals surface area contributed by atoms with Gasteiger partial charge in [-0.05, 0) is 37.3 Å². The van der Waals surface area contributed by atoms with E-state index >= 15 is 0 Å². The number of ether oxygens (including phenoxy) is 1. The van der Waals surface area contributed by atoms with Gasteiger partial charge in [-0.3, -0.25) is 4.79 Å². The first-order valence-corrected chi connectivity index (χ1v) is 7.06. The van der Waals surface area contributed by atoms with E-state index in [0.29, 0.717) is 22.9 Å². The Hall–Kier alpha value is -3.03. The summed E-state index contributed by atoms with van der Waals surface area (Å²) in [6.07, 6.45) is 1.56. The number of hydrogen-bond donors (Lipinski definition) is 0.